The topological polar surface area (TPSA) is 36.3 Å². The number of halogens is 1. The Labute approximate surface area is 114 Å². The average molecular weight is 309 g/mol. The van der Waals surface area contributed by atoms with Crippen LogP contribution in [0.4, 0.5) is 0 Å². The smallest absolute Gasteiger partial charge is 0.231 e. The van der Waals surface area contributed by atoms with E-state index >= 15 is 0 Å². The van der Waals surface area contributed by atoms with E-state index in [0.29, 0.717) is 6.79 Å². The Hall–Kier alpha value is -1.49. The highest BCUT2D eigenvalue weighted by molar-refractivity contribution is 9.10. The maximum absolute atomic E-state index is 5.37. The number of imidazole rings is 1. The van der Waals surface area contributed by atoms with E-state index in [1.165, 1.54) is 5.56 Å². The monoisotopic (exact) mass is 308 g/mol. The van der Waals surface area contributed by atoms with Gasteiger partial charge in [-0.2, -0.15) is 0 Å². The molecule has 1 aliphatic rings. The molecule has 0 unspecified atom stereocenters. The average Bonchev–Trinajstić information content (AvgIpc) is 2.96. The van der Waals surface area contributed by atoms with Gasteiger partial charge in [0.1, 0.15) is 4.60 Å². The van der Waals surface area contributed by atoms with Crippen molar-refractivity contribution in [1.29, 1.82) is 0 Å². The molecule has 0 N–H and O–H groups in total. The molecule has 5 heteroatoms. The number of aryl methyl sites for hydroxylation is 3. The molecule has 0 saturated heterocycles. The van der Waals surface area contributed by atoms with Crippen molar-refractivity contribution in [2.24, 2.45) is 7.05 Å². The number of ether oxygens (including phenoxy) is 2. The van der Waals surface area contributed by atoms with E-state index in [4.69, 9.17) is 9.47 Å². The zero-order valence-corrected chi connectivity index (χ0v) is 11.6. The fourth-order valence-electron chi connectivity index (χ4n) is 1.99. The normalized spacial score (nSPS) is 13.0. The Bertz CT molecular complexity index is 580. The number of hydrogen-bond acceptors (Lipinski definition) is 3. The van der Waals surface area contributed by atoms with Gasteiger partial charge in [0.25, 0.3) is 0 Å². The van der Waals surface area contributed by atoms with E-state index in [-0.39, 0.29) is 0 Å². The Morgan fingerprint density at radius 2 is 2.11 bits per heavy atom. The molecular weight excluding hydrogens is 296 g/mol. The molecule has 0 saturated carbocycles. The number of benzene rings is 1. The largest absolute Gasteiger partial charge is 0.454 e. The first kappa shape index (κ1) is 11.6. The lowest BCUT2D eigenvalue weighted by molar-refractivity contribution is 0.174. The molecule has 0 amide bonds. The molecular formula is C13H13BrN2O2. The van der Waals surface area contributed by atoms with Crippen molar-refractivity contribution >= 4 is 15.9 Å². The van der Waals surface area contributed by atoms with Crippen LogP contribution in [0.5, 0.6) is 11.5 Å². The van der Waals surface area contributed by atoms with E-state index in [1.54, 1.807) is 0 Å². The number of fused-ring (bicyclic) bond motifs is 1. The second-order valence-corrected chi connectivity index (χ2v) is 5.03. The van der Waals surface area contributed by atoms with Crippen LogP contribution in [-0.4, -0.2) is 16.3 Å². The SMILES string of the molecule is Cn1cnc(CCc2ccc3c(c2)OCO3)c1Br. The molecule has 0 bridgehead atoms. The Balaban J connectivity index is 1.72. The van der Waals surface area contributed by atoms with Gasteiger partial charge in [-0.15, -0.1) is 0 Å². The Morgan fingerprint density at radius 1 is 1.28 bits per heavy atom. The van der Waals surface area contributed by atoms with Crippen LogP contribution < -0.4 is 9.47 Å². The van der Waals surface area contributed by atoms with Gasteiger partial charge in [-0.25, -0.2) is 4.98 Å². The summed E-state index contributed by atoms with van der Waals surface area (Å²) in [5, 5.41) is 0. The highest BCUT2D eigenvalue weighted by atomic mass is 79.9. The number of hydrogen-bond donors (Lipinski definition) is 0. The lowest BCUT2D eigenvalue weighted by Crippen LogP contribution is -1.94. The van der Waals surface area contributed by atoms with Crippen LogP contribution in [0.3, 0.4) is 0 Å². The molecule has 4 nitrogen and oxygen atoms in total. The summed E-state index contributed by atoms with van der Waals surface area (Å²) < 4.78 is 13.7. The van der Waals surface area contributed by atoms with E-state index in [2.05, 4.69) is 27.0 Å². The Kier molecular flexibility index (Phi) is 2.99. The standard InChI is InChI=1S/C13H13BrN2O2/c1-16-7-15-10(13(16)14)4-2-9-3-5-11-12(6-9)18-8-17-11/h3,5-7H,2,4,8H2,1H3. The molecule has 18 heavy (non-hydrogen) atoms. The minimum absolute atomic E-state index is 0.324. The molecule has 0 fully saturated rings. The van der Waals surface area contributed by atoms with Gasteiger partial charge < -0.3 is 14.0 Å². The summed E-state index contributed by atoms with van der Waals surface area (Å²) in [6.45, 7) is 0.324. The van der Waals surface area contributed by atoms with Gasteiger partial charge in [0.2, 0.25) is 6.79 Å². The van der Waals surface area contributed by atoms with Gasteiger partial charge in [0.05, 0.1) is 12.0 Å². The van der Waals surface area contributed by atoms with Gasteiger partial charge in [-0.1, -0.05) is 6.07 Å². The van der Waals surface area contributed by atoms with Gasteiger partial charge in [0.15, 0.2) is 11.5 Å². The number of aromatic nitrogens is 2. The summed E-state index contributed by atoms with van der Waals surface area (Å²) >= 11 is 3.53. The predicted molar refractivity (Wildman–Crippen MR) is 70.9 cm³/mol. The number of nitrogens with zero attached hydrogens (tertiary/aromatic N) is 2. The van der Waals surface area contributed by atoms with Crippen molar-refractivity contribution in [1.82, 2.24) is 9.55 Å². The highest BCUT2D eigenvalue weighted by Gasteiger charge is 2.13. The van der Waals surface area contributed by atoms with Crippen LogP contribution >= 0.6 is 15.9 Å². The van der Waals surface area contributed by atoms with Gasteiger partial charge in [-0.05, 0) is 46.5 Å². The molecule has 1 aliphatic heterocycles. The first-order valence-electron chi connectivity index (χ1n) is 5.78. The molecule has 2 aromatic rings. The summed E-state index contributed by atoms with van der Waals surface area (Å²) in [5.74, 6) is 1.67. The summed E-state index contributed by atoms with van der Waals surface area (Å²) in [6, 6.07) is 6.08. The Morgan fingerprint density at radius 3 is 2.89 bits per heavy atom. The van der Waals surface area contributed by atoms with Gasteiger partial charge in [-0.3, -0.25) is 0 Å². The first-order valence-corrected chi connectivity index (χ1v) is 6.57. The third kappa shape index (κ3) is 2.10. The van der Waals surface area contributed by atoms with Crippen LogP contribution in [0.2, 0.25) is 0 Å². The molecule has 0 atom stereocenters. The zero-order valence-electron chi connectivity index (χ0n) is 10.0. The van der Waals surface area contributed by atoms with Crippen LogP contribution in [0.15, 0.2) is 29.1 Å². The second kappa shape index (κ2) is 4.65. The zero-order chi connectivity index (χ0) is 12.5. The first-order chi connectivity index (χ1) is 8.74. The van der Waals surface area contributed by atoms with Crippen molar-refractivity contribution in [2.75, 3.05) is 6.79 Å². The second-order valence-electron chi connectivity index (χ2n) is 4.28. The lowest BCUT2D eigenvalue weighted by Gasteiger charge is -2.02. The summed E-state index contributed by atoms with van der Waals surface area (Å²) in [4.78, 5) is 4.36. The molecule has 0 spiro atoms. The summed E-state index contributed by atoms with van der Waals surface area (Å²) in [5.41, 5.74) is 2.31. The van der Waals surface area contributed by atoms with Crippen molar-refractivity contribution < 1.29 is 9.47 Å². The van der Waals surface area contributed by atoms with Crippen molar-refractivity contribution in [3.8, 4) is 11.5 Å². The molecule has 2 heterocycles. The van der Waals surface area contributed by atoms with E-state index in [1.807, 2.05) is 30.1 Å². The van der Waals surface area contributed by atoms with E-state index < -0.39 is 0 Å². The lowest BCUT2D eigenvalue weighted by atomic mass is 10.1. The molecule has 3 rings (SSSR count). The number of rotatable bonds is 3. The third-order valence-electron chi connectivity index (χ3n) is 3.02. The molecule has 0 aliphatic carbocycles. The molecule has 94 valence electrons. The summed E-state index contributed by atoms with van der Waals surface area (Å²) in [7, 11) is 1.97. The van der Waals surface area contributed by atoms with Crippen molar-refractivity contribution in [3.05, 3.63) is 40.4 Å². The van der Waals surface area contributed by atoms with Crippen LogP contribution in [0.25, 0.3) is 0 Å². The highest BCUT2D eigenvalue weighted by Crippen LogP contribution is 2.32. The van der Waals surface area contributed by atoms with Gasteiger partial charge >= 0.3 is 0 Å². The third-order valence-corrected chi connectivity index (χ3v) is 4.04. The minimum Gasteiger partial charge on any atom is -0.454 e. The predicted octanol–water partition coefficient (Wildman–Crippen LogP) is 2.70. The van der Waals surface area contributed by atoms with E-state index in [9.17, 15) is 0 Å². The maximum atomic E-state index is 5.37. The fourth-order valence-corrected chi connectivity index (χ4v) is 2.38. The van der Waals surface area contributed by atoms with Crippen molar-refractivity contribution in [3.63, 3.8) is 0 Å². The van der Waals surface area contributed by atoms with Crippen LogP contribution in [-0.2, 0) is 19.9 Å². The molecule has 1 aromatic heterocycles. The summed E-state index contributed by atoms with van der Waals surface area (Å²) in [6.07, 6.45) is 3.66. The van der Waals surface area contributed by atoms with Gasteiger partial charge in [0, 0.05) is 7.05 Å². The fraction of sp³-hybridized carbons (Fsp3) is 0.308. The molecule has 0 radical (unpaired) electrons. The maximum Gasteiger partial charge on any atom is 0.231 e. The molecule has 1 aromatic carbocycles. The minimum atomic E-state index is 0.324. The van der Waals surface area contributed by atoms with Crippen LogP contribution in [0, 0.1) is 0 Å². The van der Waals surface area contributed by atoms with Crippen LogP contribution in [0.1, 0.15) is 11.3 Å². The van der Waals surface area contributed by atoms with Crippen molar-refractivity contribution in [2.45, 2.75) is 12.8 Å². The van der Waals surface area contributed by atoms with E-state index in [0.717, 1.165) is 34.6 Å². The quantitative estimate of drug-likeness (QED) is 0.874.